The molecule has 2 aromatic carbocycles. The van der Waals surface area contributed by atoms with E-state index in [2.05, 4.69) is 37.3 Å². The monoisotopic (exact) mass is 418 g/mol. The van der Waals surface area contributed by atoms with E-state index in [0.29, 0.717) is 6.01 Å². The molecule has 1 spiro atoms. The average Bonchev–Trinajstić information content (AvgIpc) is 3.22. The maximum absolute atomic E-state index is 14.0. The molecule has 0 saturated heterocycles. The largest absolute Gasteiger partial charge is 0.468 e. The smallest absolute Gasteiger partial charge is 0.304 e. The average molecular weight is 419 g/mol. The first kappa shape index (κ1) is 19.4. The maximum atomic E-state index is 14.0. The number of nitrogens with zero attached hydrogens (tertiary/aromatic N) is 2. The summed E-state index contributed by atoms with van der Waals surface area (Å²) in [6.45, 7) is 2.14. The molecule has 5 rings (SSSR count). The molecule has 0 bridgehead atoms. The molecule has 154 valence electrons. The van der Waals surface area contributed by atoms with Crippen molar-refractivity contribution in [3.63, 3.8) is 0 Å². The van der Waals surface area contributed by atoms with Crippen LogP contribution in [0.1, 0.15) is 43.7 Å². The Hall–Kier alpha value is -2.53. The van der Waals surface area contributed by atoms with Gasteiger partial charge in [-0.15, -0.1) is 11.8 Å². The first-order valence-corrected chi connectivity index (χ1v) is 11.7. The van der Waals surface area contributed by atoms with Crippen molar-refractivity contribution in [1.29, 1.82) is 0 Å². The second-order valence-electron chi connectivity index (χ2n) is 8.21. The summed E-state index contributed by atoms with van der Waals surface area (Å²) in [5.74, 6) is 1.02. The van der Waals surface area contributed by atoms with E-state index in [9.17, 15) is 4.79 Å². The Morgan fingerprint density at radius 2 is 1.83 bits per heavy atom. The molecule has 0 amide bonds. The summed E-state index contributed by atoms with van der Waals surface area (Å²) in [5.41, 5.74) is 4.77. The van der Waals surface area contributed by atoms with Crippen molar-refractivity contribution >= 4 is 11.8 Å². The number of methoxy groups -OCH3 is 1. The normalized spacial score (nSPS) is 16.3. The number of thioether (sulfide) groups is 1. The molecule has 4 nitrogen and oxygen atoms in total. The van der Waals surface area contributed by atoms with Crippen molar-refractivity contribution in [1.82, 2.24) is 9.55 Å². The van der Waals surface area contributed by atoms with Crippen molar-refractivity contribution in [2.45, 2.75) is 49.3 Å². The molecule has 5 heteroatoms. The van der Waals surface area contributed by atoms with Crippen LogP contribution in [-0.2, 0) is 11.8 Å². The van der Waals surface area contributed by atoms with Crippen LogP contribution in [0.4, 0.5) is 0 Å². The Bertz CT molecular complexity index is 1140. The first-order valence-electron chi connectivity index (χ1n) is 10.7. The van der Waals surface area contributed by atoms with Crippen molar-refractivity contribution in [2.75, 3.05) is 12.9 Å². The standard InChI is InChI=1S/C25H26N2O2S/c1-3-30-19-12-10-18(11-13-19)27-23(28)21-22(26-24(27)29-2)20-9-5-4-8-17(20)16-25(21)14-6-7-15-25/h4-5,8-13H,3,6-7,14-16H2,1-2H3. The van der Waals surface area contributed by atoms with Gasteiger partial charge in [-0.25, -0.2) is 4.57 Å². The van der Waals surface area contributed by atoms with E-state index in [4.69, 9.17) is 9.72 Å². The number of benzene rings is 2. The van der Waals surface area contributed by atoms with Gasteiger partial charge in [0.2, 0.25) is 0 Å². The van der Waals surface area contributed by atoms with Gasteiger partial charge >= 0.3 is 6.01 Å². The van der Waals surface area contributed by atoms with Gasteiger partial charge in [-0.1, -0.05) is 44.0 Å². The molecule has 0 N–H and O–H groups in total. The highest BCUT2D eigenvalue weighted by Crippen LogP contribution is 2.50. The quantitative estimate of drug-likeness (QED) is 0.533. The highest BCUT2D eigenvalue weighted by Gasteiger charge is 2.44. The van der Waals surface area contributed by atoms with Crippen LogP contribution < -0.4 is 10.3 Å². The van der Waals surface area contributed by atoms with Crippen LogP contribution in [-0.4, -0.2) is 22.4 Å². The lowest BCUT2D eigenvalue weighted by Gasteiger charge is -2.36. The summed E-state index contributed by atoms with van der Waals surface area (Å²) in [6, 6.07) is 16.8. The molecule has 1 fully saturated rings. The lowest BCUT2D eigenvalue weighted by atomic mass is 9.68. The van der Waals surface area contributed by atoms with Gasteiger partial charge in [0.1, 0.15) is 0 Å². The topological polar surface area (TPSA) is 44.1 Å². The number of ether oxygens (including phenoxy) is 1. The third-order valence-electron chi connectivity index (χ3n) is 6.53. The fourth-order valence-corrected chi connectivity index (χ4v) is 5.90. The maximum Gasteiger partial charge on any atom is 0.304 e. The van der Waals surface area contributed by atoms with Crippen molar-refractivity contribution in [3.8, 4) is 23.0 Å². The minimum absolute atomic E-state index is 0.0177. The minimum atomic E-state index is -0.111. The lowest BCUT2D eigenvalue weighted by Crippen LogP contribution is -2.39. The van der Waals surface area contributed by atoms with E-state index < -0.39 is 0 Å². The van der Waals surface area contributed by atoms with Gasteiger partial charge in [0.15, 0.2) is 0 Å². The summed E-state index contributed by atoms with van der Waals surface area (Å²) < 4.78 is 7.30. The highest BCUT2D eigenvalue weighted by molar-refractivity contribution is 7.99. The second-order valence-corrected chi connectivity index (χ2v) is 9.55. The van der Waals surface area contributed by atoms with Gasteiger partial charge in [-0.3, -0.25) is 4.79 Å². The van der Waals surface area contributed by atoms with E-state index in [0.717, 1.165) is 60.4 Å². The third kappa shape index (κ3) is 2.99. The fraction of sp³-hybridized carbons (Fsp3) is 0.360. The molecule has 2 aliphatic carbocycles. The molecule has 1 heterocycles. The number of rotatable bonds is 4. The Kier molecular flexibility index (Phi) is 4.94. The Labute approximate surface area is 181 Å². The molecule has 2 aliphatic rings. The summed E-state index contributed by atoms with van der Waals surface area (Å²) in [4.78, 5) is 20.1. The number of hydrogen-bond acceptors (Lipinski definition) is 4. The Balaban J connectivity index is 1.77. The zero-order chi connectivity index (χ0) is 20.7. The summed E-state index contributed by atoms with van der Waals surface area (Å²) in [7, 11) is 1.59. The van der Waals surface area contributed by atoms with Gasteiger partial charge in [-0.2, -0.15) is 4.98 Å². The van der Waals surface area contributed by atoms with E-state index in [1.165, 1.54) is 10.5 Å². The number of fused-ring (bicyclic) bond motifs is 4. The summed E-state index contributed by atoms with van der Waals surface area (Å²) >= 11 is 1.79. The predicted octanol–water partition coefficient (Wildman–Crippen LogP) is 5.39. The van der Waals surface area contributed by atoms with Gasteiger partial charge < -0.3 is 4.74 Å². The third-order valence-corrected chi connectivity index (χ3v) is 7.43. The van der Waals surface area contributed by atoms with Crippen LogP contribution in [0.3, 0.4) is 0 Å². The zero-order valence-electron chi connectivity index (χ0n) is 17.5. The van der Waals surface area contributed by atoms with Crippen molar-refractivity contribution < 1.29 is 4.74 Å². The number of hydrogen-bond donors (Lipinski definition) is 0. The molecular formula is C25H26N2O2S. The van der Waals surface area contributed by atoms with E-state index in [1.807, 2.05) is 18.2 Å². The lowest BCUT2D eigenvalue weighted by molar-refractivity contribution is 0.358. The van der Waals surface area contributed by atoms with Crippen LogP contribution in [0.2, 0.25) is 0 Å². The van der Waals surface area contributed by atoms with Crippen LogP contribution in [0, 0.1) is 0 Å². The van der Waals surface area contributed by atoms with Gasteiger partial charge in [0.05, 0.1) is 24.1 Å². The zero-order valence-corrected chi connectivity index (χ0v) is 18.3. The van der Waals surface area contributed by atoms with E-state index in [1.54, 1.807) is 23.4 Å². The van der Waals surface area contributed by atoms with E-state index in [-0.39, 0.29) is 11.0 Å². The van der Waals surface area contributed by atoms with Crippen LogP contribution in [0.5, 0.6) is 6.01 Å². The molecule has 0 atom stereocenters. The molecule has 1 aromatic heterocycles. The van der Waals surface area contributed by atoms with Crippen LogP contribution in [0.15, 0.2) is 58.2 Å². The molecule has 0 radical (unpaired) electrons. The first-order chi connectivity index (χ1) is 14.7. The Morgan fingerprint density at radius 3 is 2.53 bits per heavy atom. The predicted molar refractivity (Wildman–Crippen MR) is 122 cm³/mol. The summed E-state index contributed by atoms with van der Waals surface area (Å²) in [6.07, 6.45) is 5.34. The van der Waals surface area contributed by atoms with Crippen LogP contribution in [0.25, 0.3) is 16.9 Å². The summed E-state index contributed by atoms with van der Waals surface area (Å²) in [5, 5.41) is 0. The number of aromatic nitrogens is 2. The second kappa shape index (κ2) is 7.62. The molecule has 1 saturated carbocycles. The SMILES string of the molecule is CCSc1ccc(-n2c(OC)nc3c(c2=O)C2(CCCC2)Cc2ccccc2-3)cc1. The molecule has 0 aliphatic heterocycles. The van der Waals surface area contributed by atoms with E-state index >= 15 is 0 Å². The highest BCUT2D eigenvalue weighted by atomic mass is 32.2. The molecule has 3 aromatic rings. The van der Waals surface area contributed by atoms with Gasteiger partial charge in [0, 0.05) is 15.9 Å². The van der Waals surface area contributed by atoms with Crippen molar-refractivity contribution in [3.05, 3.63) is 70.0 Å². The molecule has 0 unspecified atom stereocenters. The van der Waals surface area contributed by atoms with Crippen LogP contribution >= 0.6 is 11.8 Å². The molecular weight excluding hydrogens is 392 g/mol. The fourth-order valence-electron chi connectivity index (χ4n) is 5.23. The Morgan fingerprint density at radius 1 is 1.10 bits per heavy atom. The molecule has 30 heavy (non-hydrogen) atoms. The van der Waals surface area contributed by atoms with Crippen molar-refractivity contribution in [2.24, 2.45) is 0 Å². The minimum Gasteiger partial charge on any atom is -0.468 e. The van der Waals surface area contributed by atoms with Gasteiger partial charge in [-0.05, 0) is 54.8 Å². The van der Waals surface area contributed by atoms with Gasteiger partial charge in [0.25, 0.3) is 5.56 Å².